The van der Waals surface area contributed by atoms with E-state index in [1.807, 2.05) is 0 Å². The lowest BCUT2D eigenvalue weighted by atomic mass is 10.3. The molecule has 0 spiro atoms. The second-order valence-electron chi connectivity index (χ2n) is 4.41. The number of aromatic nitrogens is 2. The van der Waals surface area contributed by atoms with Gasteiger partial charge in [0.2, 0.25) is 0 Å². The first kappa shape index (κ1) is 16.9. The topological polar surface area (TPSA) is 136 Å². The number of rotatable bonds is 7. The predicted octanol–water partition coefficient (Wildman–Crippen LogP) is 1.09. The first-order valence-corrected chi connectivity index (χ1v) is 6.89. The Morgan fingerprint density at radius 3 is 2.83 bits per heavy atom. The number of anilines is 1. The number of H-pyrrole nitrogens is 1. The molecule has 0 saturated carbocycles. The van der Waals surface area contributed by atoms with E-state index in [0.717, 1.165) is 6.33 Å². The van der Waals surface area contributed by atoms with E-state index < -0.39 is 34.6 Å². The highest BCUT2D eigenvalue weighted by Gasteiger charge is 2.22. The minimum atomic E-state index is -0.966. The quantitative estimate of drug-likeness (QED) is 0.571. The Bertz CT molecular complexity index is 804. The van der Waals surface area contributed by atoms with Gasteiger partial charge in [-0.3, -0.25) is 19.7 Å². The van der Waals surface area contributed by atoms with Crippen molar-refractivity contribution in [1.29, 1.82) is 0 Å². The lowest BCUT2D eigenvalue weighted by Crippen LogP contribution is -2.22. The van der Waals surface area contributed by atoms with Crippen molar-refractivity contribution in [2.75, 3.05) is 18.5 Å². The molecule has 0 aliphatic heterocycles. The van der Waals surface area contributed by atoms with Crippen LogP contribution in [0, 0.1) is 10.1 Å². The molecule has 126 valence electrons. The van der Waals surface area contributed by atoms with Gasteiger partial charge in [-0.2, -0.15) is 4.98 Å². The van der Waals surface area contributed by atoms with Crippen LogP contribution in [-0.2, 0) is 4.79 Å². The van der Waals surface area contributed by atoms with Crippen molar-refractivity contribution in [3.63, 3.8) is 0 Å². The van der Waals surface area contributed by atoms with Crippen molar-refractivity contribution in [2.24, 2.45) is 0 Å². The Labute approximate surface area is 135 Å². The lowest BCUT2D eigenvalue weighted by Gasteiger charge is -2.11. The summed E-state index contributed by atoms with van der Waals surface area (Å²) in [5.41, 5.74) is -1.39. The summed E-state index contributed by atoms with van der Waals surface area (Å²) < 4.78 is 10.4. The standard InChI is InChI=1S/C14H14N4O6/c1-2-23-10-6-4-3-5-9(10)17-11(19)7-24-14-12(18(21)22)13(20)15-8-16-14/h3-6,8H,2,7H2,1H3,(H,17,19)(H,15,16,20). The number of para-hydroxylation sites is 2. The van der Waals surface area contributed by atoms with E-state index in [1.165, 1.54) is 0 Å². The molecule has 0 fully saturated rings. The van der Waals surface area contributed by atoms with Gasteiger partial charge in [0.1, 0.15) is 5.75 Å². The minimum Gasteiger partial charge on any atom is -0.492 e. The lowest BCUT2D eigenvalue weighted by molar-refractivity contribution is -0.387. The number of amides is 1. The highest BCUT2D eigenvalue weighted by atomic mass is 16.6. The molecule has 2 aromatic rings. The first-order chi connectivity index (χ1) is 11.5. The van der Waals surface area contributed by atoms with Crippen LogP contribution in [-0.4, -0.2) is 34.0 Å². The molecule has 1 amide bonds. The number of ether oxygens (including phenoxy) is 2. The average molecular weight is 334 g/mol. The van der Waals surface area contributed by atoms with Crippen LogP contribution in [0.15, 0.2) is 35.4 Å². The Morgan fingerprint density at radius 1 is 1.38 bits per heavy atom. The Balaban J connectivity index is 2.06. The second-order valence-corrected chi connectivity index (χ2v) is 4.41. The van der Waals surface area contributed by atoms with E-state index in [-0.39, 0.29) is 0 Å². The smallest absolute Gasteiger partial charge is 0.395 e. The minimum absolute atomic E-state index is 0.423. The maximum Gasteiger partial charge on any atom is 0.395 e. The van der Waals surface area contributed by atoms with Crippen LogP contribution < -0.4 is 20.3 Å². The fourth-order valence-corrected chi connectivity index (χ4v) is 1.81. The van der Waals surface area contributed by atoms with Gasteiger partial charge in [0.25, 0.3) is 5.91 Å². The Hall–Kier alpha value is -3.43. The van der Waals surface area contributed by atoms with Gasteiger partial charge < -0.3 is 19.8 Å². The predicted molar refractivity (Wildman–Crippen MR) is 83.2 cm³/mol. The molecular weight excluding hydrogens is 320 g/mol. The molecule has 0 atom stereocenters. The van der Waals surface area contributed by atoms with Crippen LogP contribution in [0.1, 0.15) is 6.92 Å². The zero-order valence-electron chi connectivity index (χ0n) is 12.6. The number of carbonyl (C=O) groups is 1. The van der Waals surface area contributed by atoms with E-state index in [4.69, 9.17) is 9.47 Å². The molecule has 2 N–H and O–H groups in total. The molecule has 0 saturated heterocycles. The number of nitrogens with zero attached hydrogens (tertiary/aromatic N) is 2. The molecule has 0 aliphatic rings. The maximum absolute atomic E-state index is 11.9. The van der Waals surface area contributed by atoms with Gasteiger partial charge in [-0.05, 0) is 19.1 Å². The van der Waals surface area contributed by atoms with E-state index in [9.17, 15) is 19.7 Å². The summed E-state index contributed by atoms with van der Waals surface area (Å²) in [5.74, 6) is -0.635. The van der Waals surface area contributed by atoms with E-state index in [2.05, 4.69) is 15.3 Å². The first-order valence-electron chi connectivity index (χ1n) is 6.89. The van der Waals surface area contributed by atoms with Crippen molar-refractivity contribution in [3.8, 4) is 11.6 Å². The molecule has 1 aromatic carbocycles. The molecule has 0 radical (unpaired) electrons. The monoisotopic (exact) mass is 334 g/mol. The fourth-order valence-electron chi connectivity index (χ4n) is 1.81. The molecule has 2 rings (SSSR count). The Morgan fingerprint density at radius 2 is 2.12 bits per heavy atom. The zero-order chi connectivity index (χ0) is 17.5. The third-order valence-corrected chi connectivity index (χ3v) is 2.78. The maximum atomic E-state index is 11.9. The van der Waals surface area contributed by atoms with Gasteiger partial charge in [-0.25, -0.2) is 0 Å². The molecule has 1 heterocycles. The molecule has 0 bridgehead atoms. The van der Waals surface area contributed by atoms with Crippen LogP contribution in [0.5, 0.6) is 11.6 Å². The summed E-state index contributed by atoms with van der Waals surface area (Å²) >= 11 is 0. The highest BCUT2D eigenvalue weighted by molar-refractivity contribution is 5.93. The van der Waals surface area contributed by atoms with Gasteiger partial charge in [0, 0.05) is 0 Å². The molecule has 10 heteroatoms. The van der Waals surface area contributed by atoms with E-state index in [0.29, 0.717) is 18.0 Å². The normalized spacial score (nSPS) is 10.0. The summed E-state index contributed by atoms with van der Waals surface area (Å²) in [4.78, 5) is 38.9. The van der Waals surface area contributed by atoms with Crippen molar-refractivity contribution >= 4 is 17.3 Å². The number of benzene rings is 1. The molecule has 1 aromatic heterocycles. The average Bonchev–Trinajstić information content (AvgIpc) is 2.54. The summed E-state index contributed by atoms with van der Waals surface area (Å²) in [6, 6.07) is 6.78. The summed E-state index contributed by atoms with van der Waals surface area (Å²) in [5, 5.41) is 13.4. The number of aromatic amines is 1. The summed E-state index contributed by atoms with van der Waals surface area (Å²) in [7, 11) is 0. The molecule has 0 aliphatic carbocycles. The van der Waals surface area contributed by atoms with Crippen LogP contribution in [0.25, 0.3) is 0 Å². The third-order valence-electron chi connectivity index (χ3n) is 2.78. The van der Waals surface area contributed by atoms with Gasteiger partial charge in [-0.15, -0.1) is 0 Å². The highest BCUT2D eigenvalue weighted by Crippen LogP contribution is 2.23. The van der Waals surface area contributed by atoms with Crippen molar-refractivity contribution in [1.82, 2.24) is 9.97 Å². The molecule has 10 nitrogen and oxygen atoms in total. The van der Waals surface area contributed by atoms with Crippen LogP contribution in [0.3, 0.4) is 0 Å². The summed E-state index contributed by atoms with van der Waals surface area (Å²) in [6.07, 6.45) is 0.951. The van der Waals surface area contributed by atoms with Crippen molar-refractivity contribution in [2.45, 2.75) is 6.92 Å². The molecule has 0 unspecified atom stereocenters. The summed E-state index contributed by atoms with van der Waals surface area (Å²) in [6.45, 7) is 1.67. The van der Waals surface area contributed by atoms with E-state index >= 15 is 0 Å². The van der Waals surface area contributed by atoms with Crippen LogP contribution >= 0.6 is 0 Å². The van der Waals surface area contributed by atoms with Crippen molar-refractivity contribution < 1.29 is 19.2 Å². The van der Waals surface area contributed by atoms with Gasteiger partial charge in [0.15, 0.2) is 6.61 Å². The van der Waals surface area contributed by atoms with Crippen LogP contribution in [0.4, 0.5) is 11.4 Å². The third kappa shape index (κ3) is 4.06. The largest absolute Gasteiger partial charge is 0.492 e. The number of hydrogen-bond donors (Lipinski definition) is 2. The van der Waals surface area contributed by atoms with Crippen molar-refractivity contribution in [3.05, 3.63) is 51.1 Å². The number of hydrogen-bond acceptors (Lipinski definition) is 7. The van der Waals surface area contributed by atoms with Crippen LogP contribution in [0.2, 0.25) is 0 Å². The van der Waals surface area contributed by atoms with Gasteiger partial charge in [0.05, 0.1) is 23.5 Å². The number of nitro groups is 1. The van der Waals surface area contributed by atoms with Gasteiger partial charge in [-0.1, -0.05) is 12.1 Å². The van der Waals surface area contributed by atoms with Gasteiger partial charge >= 0.3 is 17.1 Å². The fraction of sp³-hybridized carbons (Fsp3) is 0.214. The molecule has 24 heavy (non-hydrogen) atoms. The number of nitrogens with one attached hydrogen (secondary N) is 2. The molecular formula is C14H14N4O6. The SMILES string of the molecule is CCOc1ccccc1NC(=O)COc1nc[nH]c(=O)c1[N+](=O)[O-]. The second kappa shape index (κ2) is 7.72. The van der Waals surface area contributed by atoms with E-state index in [1.54, 1.807) is 31.2 Å². The zero-order valence-corrected chi connectivity index (χ0v) is 12.6. The number of carbonyl (C=O) groups excluding carboxylic acids is 1. The Kier molecular flexibility index (Phi) is 5.45.